The van der Waals surface area contributed by atoms with E-state index in [0.29, 0.717) is 19.3 Å². The molecule has 0 saturated carbocycles. The third kappa shape index (κ3) is 56.2. The summed E-state index contributed by atoms with van der Waals surface area (Å²) in [5.74, 6) is -0.867. The molecule has 1 atom stereocenters. The molecule has 0 aliphatic carbocycles. The Labute approximate surface area is 428 Å². The van der Waals surface area contributed by atoms with Crippen LogP contribution in [0.2, 0.25) is 0 Å². The van der Waals surface area contributed by atoms with Crippen LogP contribution in [0.3, 0.4) is 0 Å². The van der Waals surface area contributed by atoms with E-state index in [1.807, 2.05) is 0 Å². The molecule has 0 bridgehead atoms. The van der Waals surface area contributed by atoms with Gasteiger partial charge in [0.25, 0.3) is 0 Å². The summed E-state index contributed by atoms with van der Waals surface area (Å²) in [5, 5.41) is 0. The third-order valence-electron chi connectivity index (χ3n) is 13.3. The molecule has 0 heterocycles. The molecular weight excluding hydrogens is 853 g/mol. The number of ether oxygens (including phenoxy) is 3. The number of allylic oxidation sites excluding steroid dienone is 8. The van der Waals surface area contributed by atoms with E-state index in [1.165, 1.54) is 205 Å². The van der Waals surface area contributed by atoms with Crippen molar-refractivity contribution in [1.82, 2.24) is 0 Å². The second kappa shape index (κ2) is 57.9. The summed E-state index contributed by atoms with van der Waals surface area (Å²) in [6.45, 7) is 6.62. The van der Waals surface area contributed by atoms with E-state index in [2.05, 4.69) is 69.4 Å². The molecule has 0 aliphatic heterocycles. The Kier molecular flexibility index (Phi) is 55.7. The Balaban J connectivity index is 4.22. The fourth-order valence-electron chi connectivity index (χ4n) is 8.74. The van der Waals surface area contributed by atoms with Crippen molar-refractivity contribution in [1.29, 1.82) is 0 Å². The lowest BCUT2D eigenvalue weighted by atomic mass is 10.0. The van der Waals surface area contributed by atoms with Crippen LogP contribution in [0.5, 0.6) is 0 Å². The van der Waals surface area contributed by atoms with Crippen LogP contribution in [0.4, 0.5) is 0 Å². The lowest BCUT2D eigenvalue weighted by Gasteiger charge is -2.18. The zero-order valence-electron chi connectivity index (χ0n) is 46.1. The highest BCUT2D eigenvalue weighted by atomic mass is 16.6. The average molecular weight is 968 g/mol. The predicted molar refractivity (Wildman–Crippen MR) is 298 cm³/mol. The fourth-order valence-corrected chi connectivity index (χ4v) is 8.74. The molecule has 0 aromatic carbocycles. The van der Waals surface area contributed by atoms with Crippen LogP contribution in [-0.2, 0) is 28.6 Å². The van der Waals surface area contributed by atoms with Crippen molar-refractivity contribution < 1.29 is 28.6 Å². The lowest BCUT2D eigenvalue weighted by Crippen LogP contribution is -2.30. The summed E-state index contributed by atoms with van der Waals surface area (Å²) in [6, 6.07) is 0. The molecule has 0 aromatic rings. The van der Waals surface area contributed by atoms with Gasteiger partial charge in [-0.25, -0.2) is 0 Å². The highest BCUT2D eigenvalue weighted by Gasteiger charge is 2.19. The van der Waals surface area contributed by atoms with Crippen LogP contribution >= 0.6 is 0 Å². The van der Waals surface area contributed by atoms with Crippen molar-refractivity contribution in [2.75, 3.05) is 13.2 Å². The first-order chi connectivity index (χ1) is 34.0. The molecule has 69 heavy (non-hydrogen) atoms. The van der Waals surface area contributed by atoms with E-state index in [-0.39, 0.29) is 31.1 Å². The number of hydrogen-bond acceptors (Lipinski definition) is 6. The Morgan fingerprint density at radius 3 is 0.826 bits per heavy atom. The lowest BCUT2D eigenvalue weighted by molar-refractivity contribution is -0.167. The first-order valence-corrected chi connectivity index (χ1v) is 30.1. The van der Waals surface area contributed by atoms with Gasteiger partial charge in [-0.15, -0.1) is 0 Å². The zero-order chi connectivity index (χ0) is 50.0. The summed E-state index contributed by atoms with van der Waals surface area (Å²) >= 11 is 0. The maximum Gasteiger partial charge on any atom is 0.306 e. The van der Waals surface area contributed by atoms with E-state index in [9.17, 15) is 14.4 Å². The average Bonchev–Trinajstić information content (AvgIpc) is 3.35. The molecule has 6 heteroatoms. The molecule has 0 radical (unpaired) electrons. The van der Waals surface area contributed by atoms with Crippen LogP contribution in [0.1, 0.15) is 316 Å². The van der Waals surface area contributed by atoms with E-state index in [1.54, 1.807) is 0 Å². The zero-order valence-corrected chi connectivity index (χ0v) is 46.1. The molecular formula is C63H114O6. The van der Waals surface area contributed by atoms with Gasteiger partial charge in [-0.3, -0.25) is 14.4 Å². The highest BCUT2D eigenvalue weighted by molar-refractivity contribution is 5.71. The van der Waals surface area contributed by atoms with Crippen molar-refractivity contribution in [3.05, 3.63) is 48.6 Å². The van der Waals surface area contributed by atoms with Crippen molar-refractivity contribution in [3.63, 3.8) is 0 Å². The largest absolute Gasteiger partial charge is 0.462 e. The van der Waals surface area contributed by atoms with Gasteiger partial charge in [-0.2, -0.15) is 0 Å². The molecule has 6 nitrogen and oxygen atoms in total. The second-order valence-electron chi connectivity index (χ2n) is 20.3. The maximum absolute atomic E-state index is 12.8. The first kappa shape index (κ1) is 66.4. The van der Waals surface area contributed by atoms with Crippen molar-refractivity contribution >= 4 is 17.9 Å². The quantitative estimate of drug-likeness (QED) is 0.0262. The molecule has 0 aromatic heterocycles. The molecule has 0 fully saturated rings. The first-order valence-electron chi connectivity index (χ1n) is 30.1. The highest BCUT2D eigenvalue weighted by Crippen LogP contribution is 2.16. The minimum Gasteiger partial charge on any atom is -0.462 e. The Morgan fingerprint density at radius 2 is 0.522 bits per heavy atom. The molecule has 0 aliphatic rings. The molecule has 0 rings (SSSR count). The molecule has 0 spiro atoms. The van der Waals surface area contributed by atoms with Crippen LogP contribution in [0.25, 0.3) is 0 Å². The molecule has 0 saturated heterocycles. The van der Waals surface area contributed by atoms with Crippen molar-refractivity contribution in [2.45, 2.75) is 322 Å². The number of hydrogen-bond donors (Lipinski definition) is 0. The molecule has 0 amide bonds. The van der Waals surface area contributed by atoms with Crippen LogP contribution in [-0.4, -0.2) is 37.2 Å². The number of esters is 3. The summed E-state index contributed by atoms with van der Waals surface area (Å²) in [4.78, 5) is 38.1. The monoisotopic (exact) mass is 967 g/mol. The Hall–Kier alpha value is -2.63. The minimum absolute atomic E-state index is 0.0725. The maximum atomic E-state index is 12.8. The number of unbranched alkanes of at least 4 members (excludes halogenated alkanes) is 36. The van der Waals surface area contributed by atoms with Gasteiger partial charge in [0.2, 0.25) is 0 Å². The van der Waals surface area contributed by atoms with Gasteiger partial charge in [0, 0.05) is 19.3 Å². The minimum atomic E-state index is -0.773. The van der Waals surface area contributed by atoms with Crippen LogP contribution in [0, 0.1) is 0 Å². The van der Waals surface area contributed by atoms with E-state index in [4.69, 9.17) is 14.2 Å². The summed E-state index contributed by atoms with van der Waals surface area (Å²) in [7, 11) is 0. The topological polar surface area (TPSA) is 78.9 Å². The molecule has 1 unspecified atom stereocenters. The van der Waals surface area contributed by atoms with Gasteiger partial charge in [0.1, 0.15) is 13.2 Å². The van der Waals surface area contributed by atoms with Crippen LogP contribution < -0.4 is 0 Å². The van der Waals surface area contributed by atoms with E-state index < -0.39 is 6.10 Å². The second-order valence-corrected chi connectivity index (χ2v) is 20.3. The fraction of sp³-hybridized carbons (Fsp3) is 0.825. The standard InChI is InChI=1S/C63H114O6/c1-4-7-10-13-16-19-21-23-25-27-29-30-31-32-34-35-37-39-41-44-47-50-53-56-62(65)68-59-60(58-67-61(64)55-52-49-46-43-18-15-12-9-6-3)69-63(66)57-54-51-48-45-42-40-38-36-33-28-26-24-22-20-17-14-11-8-5-2/h17,20-21,23-24,26-27,29,60H,4-16,18-19,22,25,28,30-59H2,1-3H3/b20-17-,23-21-,26-24-,29-27-. The SMILES string of the molecule is CCCCC/C=C\C/C=C\CCCCCCCCCCCC(=O)OC(COC(=O)CCCCCCCCCCC)COC(=O)CCCCCCCCCCCCC/C=C\C/C=C\CCCCCCC. The van der Waals surface area contributed by atoms with Crippen molar-refractivity contribution in [3.8, 4) is 0 Å². The van der Waals surface area contributed by atoms with Gasteiger partial charge in [0.05, 0.1) is 0 Å². The number of rotatable bonds is 55. The van der Waals surface area contributed by atoms with Gasteiger partial charge in [-0.05, 0) is 83.5 Å². The third-order valence-corrected chi connectivity index (χ3v) is 13.3. The molecule has 0 N–H and O–H groups in total. The van der Waals surface area contributed by atoms with Gasteiger partial charge < -0.3 is 14.2 Å². The number of carbonyl (C=O) groups excluding carboxylic acids is 3. The Bertz CT molecular complexity index is 1200. The van der Waals surface area contributed by atoms with E-state index >= 15 is 0 Å². The van der Waals surface area contributed by atoms with Gasteiger partial charge in [-0.1, -0.05) is 262 Å². The van der Waals surface area contributed by atoms with Crippen LogP contribution in [0.15, 0.2) is 48.6 Å². The summed E-state index contributed by atoms with van der Waals surface area (Å²) in [5.41, 5.74) is 0. The normalized spacial score (nSPS) is 12.3. The van der Waals surface area contributed by atoms with Gasteiger partial charge >= 0.3 is 17.9 Å². The Morgan fingerprint density at radius 1 is 0.290 bits per heavy atom. The van der Waals surface area contributed by atoms with E-state index in [0.717, 1.165) is 70.6 Å². The number of carbonyl (C=O) groups is 3. The predicted octanol–water partition coefficient (Wildman–Crippen LogP) is 20.2. The summed E-state index contributed by atoms with van der Waals surface area (Å²) in [6.07, 6.45) is 71.1. The molecule has 402 valence electrons. The van der Waals surface area contributed by atoms with Gasteiger partial charge in [0.15, 0.2) is 6.10 Å². The van der Waals surface area contributed by atoms with Crippen molar-refractivity contribution in [2.24, 2.45) is 0 Å². The smallest absolute Gasteiger partial charge is 0.306 e. The summed E-state index contributed by atoms with van der Waals surface area (Å²) < 4.78 is 16.9.